The zero-order valence-corrected chi connectivity index (χ0v) is 12.2. The summed E-state index contributed by atoms with van der Waals surface area (Å²) in [7, 11) is -2.18. The SMILES string of the molecule is Cc1ncsc1CN(C)S(=O)(=O)c1ncccc1N. The first-order valence-electron chi connectivity index (χ1n) is 5.48. The molecule has 0 atom stereocenters. The molecule has 2 heterocycles. The van der Waals surface area contributed by atoms with Crippen molar-refractivity contribution in [3.8, 4) is 0 Å². The minimum absolute atomic E-state index is 0.111. The molecular weight excluding hydrogens is 284 g/mol. The van der Waals surface area contributed by atoms with Crippen LogP contribution in [-0.2, 0) is 16.6 Å². The van der Waals surface area contributed by atoms with Crippen molar-refractivity contribution < 1.29 is 8.42 Å². The molecule has 0 radical (unpaired) electrons. The predicted molar refractivity (Wildman–Crippen MR) is 74.2 cm³/mol. The number of nitrogens with two attached hydrogens (primary N) is 1. The van der Waals surface area contributed by atoms with Gasteiger partial charge in [0.05, 0.1) is 16.9 Å². The second-order valence-electron chi connectivity index (χ2n) is 4.02. The van der Waals surface area contributed by atoms with Gasteiger partial charge in [0, 0.05) is 24.7 Å². The monoisotopic (exact) mass is 298 g/mol. The van der Waals surface area contributed by atoms with Crippen LogP contribution in [0.5, 0.6) is 0 Å². The lowest BCUT2D eigenvalue weighted by molar-refractivity contribution is 0.466. The van der Waals surface area contributed by atoms with E-state index in [0.29, 0.717) is 0 Å². The van der Waals surface area contributed by atoms with Crippen molar-refractivity contribution in [3.63, 3.8) is 0 Å². The normalized spacial score (nSPS) is 11.9. The highest BCUT2D eigenvalue weighted by Gasteiger charge is 2.25. The van der Waals surface area contributed by atoms with Gasteiger partial charge in [0.1, 0.15) is 0 Å². The van der Waals surface area contributed by atoms with E-state index in [1.807, 2.05) is 6.92 Å². The molecule has 19 heavy (non-hydrogen) atoms. The molecule has 0 bridgehead atoms. The van der Waals surface area contributed by atoms with E-state index in [1.165, 1.54) is 35.0 Å². The molecule has 2 N–H and O–H groups in total. The summed E-state index contributed by atoms with van der Waals surface area (Å²) in [6.45, 7) is 2.11. The number of sulfonamides is 1. The van der Waals surface area contributed by atoms with Gasteiger partial charge in [-0.2, -0.15) is 4.31 Å². The second kappa shape index (κ2) is 5.24. The van der Waals surface area contributed by atoms with Crippen LogP contribution in [0.4, 0.5) is 5.69 Å². The van der Waals surface area contributed by atoms with Gasteiger partial charge in [0.2, 0.25) is 0 Å². The number of anilines is 1. The van der Waals surface area contributed by atoms with Gasteiger partial charge >= 0.3 is 0 Å². The number of hydrogen-bond donors (Lipinski definition) is 1. The van der Waals surface area contributed by atoms with Crippen molar-refractivity contribution in [3.05, 3.63) is 34.4 Å². The van der Waals surface area contributed by atoms with Crippen LogP contribution in [-0.4, -0.2) is 29.7 Å². The Morgan fingerprint density at radius 3 is 2.74 bits per heavy atom. The molecule has 0 amide bonds. The molecule has 0 saturated carbocycles. The molecule has 6 nitrogen and oxygen atoms in total. The Balaban J connectivity index is 2.30. The molecule has 0 aliphatic heterocycles. The third kappa shape index (κ3) is 2.75. The third-order valence-electron chi connectivity index (χ3n) is 2.67. The second-order valence-corrected chi connectivity index (χ2v) is 6.92. The number of aromatic nitrogens is 2. The molecule has 2 aromatic rings. The van der Waals surface area contributed by atoms with Crippen molar-refractivity contribution in [2.24, 2.45) is 0 Å². The summed E-state index contributed by atoms with van der Waals surface area (Å²) in [4.78, 5) is 8.86. The van der Waals surface area contributed by atoms with E-state index in [0.717, 1.165) is 10.6 Å². The van der Waals surface area contributed by atoms with E-state index < -0.39 is 10.0 Å². The van der Waals surface area contributed by atoms with E-state index in [4.69, 9.17) is 5.73 Å². The average molecular weight is 298 g/mol. The Morgan fingerprint density at radius 1 is 1.42 bits per heavy atom. The van der Waals surface area contributed by atoms with Crippen LogP contribution < -0.4 is 5.73 Å². The molecule has 0 aromatic carbocycles. The fourth-order valence-electron chi connectivity index (χ4n) is 1.53. The van der Waals surface area contributed by atoms with Gasteiger partial charge in [0.15, 0.2) is 5.03 Å². The van der Waals surface area contributed by atoms with Gasteiger partial charge in [-0.15, -0.1) is 11.3 Å². The van der Waals surface area contributed by atoms with Crippen molar-refractivity contribution in [2.75, 3.05) is 12.8 Å². The lowest BCUT2D eigenvalue weighted by Crippen LogP contribution is -2.28. The zero-order chi connectivity index (χ0) is 14.0. The summed E-state index contributed by atoms with van der Waals surface area (Å²) >= 11 is 1.42. The van der Waals surface area contributed by atoms with E-state index in [2.05, 4.69) is 9.97 Å². The summed E-state index contributed by atoms with van der Waals surface area (Å²) in [5.41, 5.74) is 8.35. The molecule has 0 aliphatic carbocycles. The standard InChI is InChI=1S/C11H14N4O2S2/c1-8-10(18-7-14-8)6-15(2)19(16,17)11-9(12)4-3-5-13-11/h3-5,7H,6,12H2,1-2H3. The summed E-state index contributed by atoms with van der Waals surface area (Å²) in [6, 6.07) is 3.12. The molecule has 0 unspecified atom stereocenters. The Kier molecular flexibility index (Phi) is 3.83. The lowest BCUT2D eigenvalue weighted by atomic mass is 10.4. The quantitative estimate of drug-likeness (QED) is 0.917. The fraction of sp³-hybridized carbons (Fsp3) is 0.273. The number of nitrogen functional groups attached to an aromatic ring is 1. The molecule has 2 aromatic heterocycles. The Bertz CT molecular complexity index is 682. The fourth-order valence-corrected chi connectivity index (χ4v) is 3.60. The number of thiazole rings is 1. The maximum absolute atomic E-state index is 12.4. The minimum Gasteiger partial charge on any atom is -0.396 e. The van der Waals surface area contributed by atoms with Gasteiger partial charge in [-0.1, -0.05) is 0 Å². The highest BCUT2D eigenvalue weighted by atomic mass is 32.2. The van der Waals surface area contributed by atoms with Crippen molar-refractivity contribution in [1.82, 2.24) is 14.3 Å². The van der Waals surface area contributed by atoms with Gasteiger partial charge in [-0.05, 0) is 19.1 Å². The Labute approximate surface area is 116 Å². The molecular formula is C11H14N4O2S2. The molecule has 8 heteroatoms. The zero-order valence-electron chi connectivity index (χ0n) is 10.6. The number of hydrogen-bond acceptors (Lipinski definition) is 6. The summed E-state index contributed by atoms with van der Waals surface area (Å²) in [5, 5.41) is -0.111. The largest absolute Gasteiger partial charge is 0.396 e. The first-order chi connectivity index (χ1) is 8.93. The summed E-state index contributed by atoms with van der Waals surface area (Å²) in [6.07, 6.45) is 1.41. The number of rotatable bonds is 4. The smallest absolute Gasteiger partial charge is 0.262 e. The number of aryl methyl sites for hydroxylation is 1. The summed E-state index contributed by atoms with van der Waals surface area (Å²) in [5.74, 6) is 0. The molecule has 2 rings (SSSR count). The van der Waals surface area contributed by atoms with Crippen LogP contribution in [0.1, 0.15) is 10.6 Å². The van der Waals surface area contributed by atoms with E-state index in [-0.39, 0.29) is 17.3 Å². The van der Waals surface area contributed by atoms with Crippen LogP contribution in [0.15, 0.2) is 28.9 Å². The predicted octanol–water partition coefficient (Wildman–Crippen LogP) is 1.25. The van der Waals surface area contributed by atoms with Crippen molar-refractivity contribution in [1.29, 1.82) is 0 Å². The number of pyridine rings is 1. The molecule has 0 fully saturated rings. The first-order valence-corrected chi connectivity index (χ1v) is 7.80. The van der Waals surface area contributed by atoms with Crippen LogP contribution >= 0.6 is 11.3 Å². The van der Waals surface area contributed by atoms with Crippen LogP contribution in [0.2, 0.25) is 0 Å². The maximum Gasteiger partial charge on any atom is 0.262 e. The van der Waals surface area contributed by atoms with Crippen molar-refractivity contribution in [2.45, 2.75) is 18.5 Å². The Hall–Kier alpha value is -1.51. The minimum atomic E-state index is -3.69. The molecule has 0 spiro atoms. The number of nitrogens with zero attached hydrogens (tertiary/aromatic N) is 3. The first kappa shape index (κ1) is 13.9. The van der Waals surface area contributed by atoms with Crippen LogP contribution in [0.3, 0.4) is 0 Å². The van der Waals surface area contributed by atoms with Crippen LogP contribution in [0.25, 0.3) is 0 Å². The van der Waals surface area contributed by atoms with Gasteiger partial charge in [-0.25, -0.2) is 18.4 Å². The maximum atomic E-state index is 12.4. The van der Waals surface area contributed by atoms with E-state index in [9.17, 15) is 8.42 Å². The van der Waals surface area contributed by atoms with Crippen molar-refractivity contribution >= 4 is 27.0 Å². The lowest BCUT2D eigenvalue weighted by Gasteiger charge is -2.16. The topological polar surface area (TPSA) is 89.2 Å². The van der Waals surface area contributed by atoms with E-state index >= 15 is 0 Å². The van der Waals surface area contributed by atoms with Gasteiger partial charge in [0.25, 0.3) is 10.0 Å². The highest BCUT2D eigenvalue weighted by molar-refractivity contribution is 7.89. The van der Waals surface area contributed by atoms with Gasteiger partial charge in [-0.3, -0.25) is 0 Å². The summed E-state index contributed by atoms with van der Waals surface area (Å²) < 4.78 is 25.9. The third-order valence-corrected chi connectivity index (χ3v) is 5.37. The molecule has 102 valence electrons. The van der Waals surface area contributed by atoms with E-state index in [1.54, 1.807) is 11.6 Å². The average Bonchev–Trinajstić information content (AvgIpc) is 2.75. The molecule has 0 aliphatic rings. The highest BCUT2D eigenvalue weighted by Crippen LogP contribution is 2.22. The van der Waals surface area contributed by atoms with Crippen LogP contribution in [0, 0.1) is 6.92 Å². The van der Waals surface area contributed by atoms with Gasteiger partial charge < -0.3 is 5.73 Å². The molecule has 0 saturated heterocycles. The Morgan fingerprint density at radius 2 is 2.16 bits per heavy atom.